The molecule has 1 amide bonds. The van der Waals surface area contributed by atoms with Crippen molar-refractivity contribution in [1.29, 1.82) is 0 Å². The van der Waals surface area contributed by atoms with Gasteiger partial charge in [0.1, 0.15) is 10.7 Å². The summed E-state index contributed by atoms with van der Waals surface area (Å²) >= 11 is 1.26. The molecule has 0 aromatic heterocycles. The number of hydrogen-bond donors (Lipinski definition) is 2. The largest absolute Gasteiger partial charge is 0.324 e. The lowest BCUT2D eigenvalue weighted by Gasteiger charge is -2.09. The summed E-state index contributed by atoms with van der Waals surface area (Å²) in [7, 11) is -4.00. The standard InChI is InChI=1S/C9H11FN2O3S2/c1-16-5-9(13)12-7-4-6(10)2-3-8(7)17(11,14)15/h2-4H,5H2,1H3,(H,12,13)(H2,11,14,15). The molecule has 0 aliphatic heterocycles. The Hall–Kier alpha value is -1.12. The van der Waals surface area contributed by atoms with Gasteiger partial charge in [0.25, 0.3) is 0 Å². The van der Waals surface area contributed by atoms with Gasteiger partial charge in [0, 0.05) is 0 Å². The second-order valence-corrected chi connectivity index (χ2v) is 5.56. The summed E-state index contributed by atoms with van der Waals surface area (Å²) in [5.41, 5.74) is -0.147. The molecule has 0 aliphatic carbocycles. The first-order chi connectivity index (χ1) is 7.84. The number of benzene rings is 1. The van der Waals surface area contributed by atoms with Gasteiger partial charge < -0.3 is 5.32 Å². The normalized spacial score (nSPS) is 11.2. The Labute approximate surface area is 103 Å². The van der Waals surface area contributed by atoms with Crippen LogP contribution in [0.2, 0.25) is 0 Å². The number of rotatable bonds is 4. The Kier molecular flexibility index (Phi) is 4.49. The van der Waals surface area contributed by atoms with Gasteiger partial charge in [-0.1, -0.05) is 0 Å². The molecule has 17 heavy (non-hydrogen) atoms. The van der Waals surface area contributed by atoms with Gasteiger partial charge in [-0.3, -0.25) is 4.79 Å². The van der Waals surface area contributed by atoms with E-state index in [0.717, 1.165) is 18.2 Å². The summed E-state index contributed by atoms with van der Waals surface area (Å²) in [5, 5.41) is 7.25. The second-order valence-electron chi connectivity index (χ2n) is 3.17. The summed E-state index contributed by atoms with van der Waals surface area (Å²) in [4.78, 5) is 11.0. The zero-order valence-electron chi connectivity index (χ0n) is 8.94. The van der Waals surface area contributed by atoms with E-state index in [-0.39, 0.29) is 16.3 Å². The van der Waals surface area contributed by atoms with Gasteiger partial charge in [0.2, 0.25) is 15.9 Å². The van der Waals surface area contributed by atoms with Crippen molar-refractivity contribution in [3.63, 3.8) is 0 Å². The van der Waals surface area contributed by atoms with Gasteiger partial charge in [-0.05, 0) is 24.5 Å². The predicted molar refractivity (Wildman–Crippen MR) is 64.8 cm³/mol. The van der Waals surface area contributed by atoms with E-state index in [1.807, 2.05) is 0 Å². The van der Waals surface area contributed by atoms with Crippen LogP contribution in [0.3, 0.4) is 0 Å². The number of carbonyl (C=O) groups excluding carboxylic acids is 1. The van der Waals surface area contributed by atoms with Crippen molar-refractivity contribution in [3.8, 4) is 0 Å². The highest BCUT2D eigenvalue weighted by Gasteiger charge is 2.16. The summed E-state index contributed by atoms with van der Waals surface area (Å²) in [6.07, 6.45) is 1.71. The SMILES string of the molecule is CSCC(=O)Nc1cc(F)ccc1S(N)(=O)=O. The number of carbonyl (C=O) groups is 1. The number of anilines is 1. The molecule has 0 radical (unpaired) electrons. The van der Waals surface area contributed by atoms with E-state index in [1.165, 1.54) is 11.8 Å². The van der Waals surface area contributed by atoms with E-state index in [1.54, 1.807) is 6.26 Å². The molecule has 0 fully saturated rings. The monoisotopic (exact) mass is 278 g/mol. The molecule has 0 unspecified atom stereocenters. The van der Waals surface area contributed by atoms with E-state index >= 15 is 0 Å². The molecule has 0 saturated carbocycles. The third kappa shape index (κ3) is 3.99. The zero-order chi connectivity index (χ0) is 13.1. The van der Waals surface area contributed by atoms with Crippen molar-refractivity contribution in [2.75, 3.05) is 17.3 Å². The smallest absolute Gasteiger partial charge is 0.240 e. The predicted octanol–water partition coefficient (Wildman–Crippen LogP) is 0.775. The Balaban J connectivity index is 3.13. The number of halogens is 1. The highest BCUT2D eigenvalue weighted by molar-refractivity contribution is 7.99. The first-order valence-corrected chi connectivity index (χ1v) is 7.39. The molecule has 0 heterocycles. The topological polar surface area (TPSA) is 89.3 Å². The van der Waals surface area contributed by atoms with Crippen molar-refractivity contribution in [2.45, 2.75) is 4.90 Å². The van der Waals surface area contributed by atoms with Gasteiger partial charge in [-0.2, -0.15) is 11.8 Å². The van der Waals surface area contributed by atoms with Crippen LogP contribution >= 0.6 is 11.8 Å². The van der Waals surface area contributed by atoms with Crippen LogP contribution in [0, 0.1) is 5.82 Å². The maximum absolute atomic E-state index is 13.0. The quantitative estimate of drug-likeness (QED) is 0.851. The number of primary sulfonamides is 1. The molecule has 94 valence electrons. The maximum Gasteiger partial charge on any atom is 0.240 e. The van der Waals surface area contributed by atoms with Gasteiger partial charge in [0.05, 0.1) is 11.4 Å². The minimum absolute atomic E-state index is 0.139. The van der Waals surface area contributed by atoms with E-state index in [2.05, 4.69) is 5.32 Å². The van der Waals surface area contributed by atoms with Gasteiger partial charge in [-0.25, -0.2) is 17.9 Å². The van der Waals surface area contributed by atoms with Crippen LogP contribution in [0.15, 0.2) is 23.1 Å². The molecule has 0 bridgehead atoms. The number of nitrogens with two attached hydrogens (primary N) is 1. The van der Waals surface area contributed by atoms with Crippen molar-refractivity contribution in [3.05, 3.63) is 24.0 Å². The number of nitrogens with one attached hydrogen (secondary N) is 1. The Morgan fingerprint density at radius 1 is 1.53 bits per heavy atom. The minimum Gasteiger partial charge on any atom is -0.324 e. The fourth-order valence-electron chi connectivity index (χ4n) is 1.17. The molecule has 3 N–H and O–H groups in total. The maximum atomic E-state index is 13.0. The molecular formula is C9H11FN2O3S2. The van der Waals surface area contributed by atoms with E-state index < -0.39 is 21.7 Å². The molecule has 0 spiro atoms. The third-order valence-electron chi connectivity index (χ3n) is 1.80. The minimum atomic E-state index is -4.00. The molecule has 1 aromatic carbocycles. The molecule has 1 aromatic rings. The van der Waals surface area contributed by atoms with Crippen LogP contribution in [0.25, 0.3) is 0 Å². The van der Waals surface area contributed by atoms with Crippen molar-refractivity contribution in [1.82, 2.24) is 0 Å². The average molecular weight is 278 g/mol. The molecule has 1 rings (SSSR count). The molecule has 5 nitrogen and oxygen atoms in total. The van der Waals surface area contributed by atoms with E-state index in [4.69, 9.17) is 5.14 Å². The third-order valence-corrected chi connectivity index (χ3v) is 3.32. The molecule has 0 saturated heterocycles. The van der Waals surface area contributed by atoms with Crippen LogP contribution in [-0.2, 0) is 14.8 Å². The molecule has 0 aliphatic rings. The summed E-state index contributed by atoms with van der Waals surface area (Å²) in [6.45, 7) is 0. The summed E-state index contributed by atoms with van der Waals surface area (Å²) < 4.78 is 35.4. The number of sulfonamides is 1. The van der Waals surface area contributed by atoms with Crippen molar-refractivity contribution in [2.24, 2.45) is 5.14 Å². The van der Waals surface area contributed by atoms with E-state index in [0.29, 0.717) is 0 Å². The molecular weight excluding hydrogens is 267 g/mol. The fraction of sp³-hybridized carbons (Fsp3) is 0.222. The van der Waals surface area contributed by atoms with Crippen LogP contribution in [-0.4, -0.2) is 26.3 Å². The van der Waals surface area contributed by atoms with Crippen molar-refractivity contribution < 1.29 is 17.6 Å². The lowest BCUT2D eigenvalue weighted by atomic mass is 10.3. The van der Waals surface area contributed by atoms with Crippen LogP contribution in [0.5, 0.6) is 0 Å². The molecule has 8 heteroatoms. The summed E-state index contributed by atoms with van der Waals surface area (Å²) in [6, 6.07) is 2.89. The summed E-state index contributed by atoms with van der Waals surface area (Å²) in [5.74, 6) is -0.939. The number of thioether (sulfide) groups is 1. The zero-order valence-corrected chi connectivity index (χ0v) is 10.6. The van der Waals surface area contributed by atoms with Crippen molar-refractivity contribution >= 4 is 33.4 Å². The number of hydrogen-bond acceptors (Lipinski definition) is 4. The second kappa shape index (κ2) is 5.48. The Morgan fingerprint density at radius 3 is 2.71 bits per heavy atom. The molecule has 0 atom stereocenters. The van der Waals surface area contributed by atoms with E-state index in [9.17, 15) is 17.6 Å². The van der Waals surface area contributed by atoms with Crippen LogP contribution in [0.1, 0.15) is 0 Å². The lowest BCUT2D eigenvalue weighted by molar-refractivity contribution is -0.113. The van der Waals surface area contributed by atoms with Gasteiger partial charge in [-0.15, -0.1) is 0 Å². The lowest BCUT2D eigenvalue weighted by Crippen LogP contribution is -2.19. The average Bonchev–Trinajstić information content (AvgIpc) is 2.15. The Bertz CT molecular complexity index is 531. The number of amides is 1. The van der Waals surface area contributed by atoms with Crippen LogP contribution in [0.4, 0.5) is 10.1 Å². The van der Waals surface area contributed by atoms with Gasteiger partial charge in [0.15, 0.2) is 0 Å². The van der Waals surface area contributed by atoms with Crippen LogP contribution < -0.4 is 10.5 Å². The first kappa shape index (κ1) is 13.9. The Morgan fingerprint density at radius 2 is 2.18 bits per heavy atom. The highest BCUT2D eigenvalue weighted by atomic mass is 32.2. The van der Waals surface area contributed by atoms with Gasteiger partial charge >= 0.3 is 0 Å². The fourth-order valence-corrected chi connectivity index (χ4v) is 2.17. The highest BCUT2D eigenvalue weighted by Crippen LogP contribution is 2.21. The first-order valence-electron chi connectivity index (χ1n) is 4.45.